The summed E-state index contributed by atoms with van der Waals surface area (Å²) in [6.07, 6.45) is 3.28. The van der Waals surface area contributed by atoms with Gasteiger partial charge in [0.05, 0.1) is 11.0 Å². The Balaban J connectivity index is 0.000000859. The lowest BCUT2D eigenvalue weighted by Crippen LogP contribution is -2.10. The van der Waals surface area contributed by atoms with Crippen LogP contribution in [0.25, 0.3) is 58.8 Å². The number of thiophene rings is 1. The summed E-state index contributed by atoms with van der Waals surface area (Å²) in [5, 5.41) is 5.15. The molecule has 0 spiro atoms. The van der Waals surface area contributed by atoms with Gasteiger partial charge in [-0.05, 0) is 77.9 Å². The Bertz CT molecular complexity index is 2630. The Kier molecular flexibility index (Phi) is 8.64. The fourth-order valence-corrected chi connectivity index (χ4v) is 8.42. The fourth-order valence-electron chi connectivity index (χ4n) is 6.80. The van der Waals surface area contributed by atoms with E-state index in [2.05, 4.69) is 202 Å². The van der Waals surface area contributed by atoms with Gasteiger partial charge < -0.3 is 9.47 Å². The first-order valence-electron chi connectivity index (χ1n) is 16.5. The van der Waals surface area contributed by atoms with Crippen LogP contribution in [-0.4, -0.2) is 4.57 Å². The summed E-state index contributed by atoms with van der Waals surface area (Å²) in [7, 11) is 0. The molecule has 9 rings (SSSR count). The molecule has 0 aliphatic heterocycles. The Labute approximate surface area is 304 Å². The molecular formula is C46H33BrN2S. The normalized spacial score (nSPS) is 11.1. The monoisotopic (exact) mass is 724 g/mol. The summed E-state index contributed by atoms with van der Waals surface area (Å²) in [4.78, 5) is 2.35. The standard InChI is InChI=1S/C42H27BrN2S.C4H6/c43-37-17-9-7-15-33(37)28-19-21-31(22-20-28)44(29-11-3-1-4-12-29)32-23-24-34-35-25-26-40-41(36-16-8-10-18-39(36)46-40)42(35)45(38(34)27-32)30-13-5-2-6-14-30;1-3-4-2/h1-27H;3-4H,1-2H2. The van der Waals surface area contributed by atoms with E-state index in [1.54, 1.807) is 12.2 Å². The molecular weight excluding hydrogens is 692 g/mol. The van der Waals surface area contributed by atoms with Crippen LogP contribution in [0.4, 0.5) is 17.1 Å². The molecule has 2 nitrogen and oxygen atoms in total. The molecule has 0 atom stereocenters. The predicted octanol–water partition coefficient (Wildman–Crippen LogP) is 14.4. The fraction of sp³-hybridized carbons (Fsp3) is 0. The topological polar surface area (TPSA) is 8.17 Å². The zero-order chi connectivity index (χ0) is 34.0. The SMILES string of the molecule is Brc1ccccc1-c1ccc(N(c2ccccc2)c2ccc3c4ccc5sc6ccccc6c5c4n(-c4ccccc4)c3c2)cc1.C=CC=C. The van der Waals surface area contributed by atoms with Crippen LogP contribution in [0.5, 0.6) is 0 Å². The molecule has 9 aromatic rings. The molecule has 2 heterocycles. The molecule has 4 heteroatoms. The van der Waals surface area contributed by atoms with E-state index < -0.39 is 0 Å². The first-order chi connectivity index (χ1) is 24.7. The van der Waals surface area contributed by atoms with Crippen molar-refractivity contribution in [1.29, 1.82) is 0 Å². The van der Waals surface area contributed by atoms with Gasteiger partial charge in [0.1, 0.15) is 0 Å². The molecule has 0 N–H and O–H groups in total. The highest BCUT2D eigenvalue weighted by Gasteiger charge is 2.20. The van der Waals surface area contributed by atoms with Crippen LogP contribution in [-0.2, 0) is 0 Å². The molecule has 7 aromatic carbocycles. The first kappa shape index (κ1) is 31.6. The molecule has 0 radical (unpaired) electrons. The largest absolute Gasteiger partial charge is 0.310 e. The summed E-state index contributed by atoms with van der Waals surface area (Å²) in [6.45, 7) is 6.72. The molecule has 50 heavy (non-hydrogen) atoms. The van der Waals surface area contributed by atoms with Crippen molar-refractivity contribution < 1.29 is 0 Å². The third kappa shape index (κ3) is 5.63. The second-order valence-corrected chi connectivity index (χ2v) is 13.9. The van der Waals surface area contributed by atoms with E-state index >= 15 is 0 Å². The highest BCUT2D eigenvalue weighted by Crippen LogP contribution is 2.45. The number of hydrogen-bond donors (Lipinski definition) is 0. The number of benzene rings is 7. The summed E-state index contributed by atoms with van der Waals surface area (Å²) in [5.41, 5.74) is 9.30. The number of para-hydroxylation sites is 2. The highest BCUT2D eigenvalue weighted by atomic mass is 79.9. The van der Waals surface area contributed by atoms with E-state index in [9.17, 15) is 0 Å². The van der Waals surface area contributed by atoms with Crippen LogP contribution in [0.15, 0.2) is 194 Å². The van der Waals surface area contributed by atoms with E-state index in [1.807, 2.05) is 11.3 Å². The minimum atomic E-state index is 1.09. The van der Waals surface area contributed by atoms with Gasteiger partial charge in [0.2, 0.25) is 0 Å². The van der Waals surface area contributed by atoms with Crippen LogP contribution < -0.4 is 4.90 Å². The molecule has 240 valence electrons. The van der Waals surface area contributed by atoms with Crippen molar-refractivity contribution in [3.8, 4) is 16.8 Å². The van der Waals surface area contributed by atoms with E-state index in [4.69, 9.17) is 0 Å². The molecule has 0 bridgehead atoms. The van der Waals surface area contributed by atoms with Gasteiger partial charge in [0.15, 0.2) is 0 Å². The molecule has 0 unspecified atom stereocenters. The van der Waals surface area contributed by atoms with Gasteiger partial charge in [-0.2, -0.15) is 0 Å². The zero-order valence-corrected chi connectivity index (χ0v) is 29.7. The Morgan fingerprint density at radius 3 is 1.90 bits per heavy atom. The Morgan fingerprint density at radius 2 is 1.16 bits per heavy atom. The van der Waals surface area contributed by atoms with Gasteiger partial charge in [0.25, 0.3) is 0 Å². The van der Waals surface area contributed by atoms with Gasteiger partial charge in [-0.3, -0.25) is 0 Å². The van der Waals surface area contributed by atoms with E-state index in [1.165, 1.54) is 53.1 Å². The van der Waals surface area contributed by atoms with Crippen LogP contribution in [0.3, 0.4) is 0 Å². The Morgan fingerprint density at radius 1 is 0.540 bits per heavy atom. The number of hydrogen-bond acceptors (Lipinski definition) is 2. The molecule has 0 saturated carbocycles. The van der Waals surface area contributed by atoms with Crippen LogP contribution in [0, 0.1) is 0 Å². The highest BCUT2D eigenvalue weighted by molar-refractivity contribution is 9.10. The smallest absolute Gasteiger partial charge is 0.0634 e. The summed E-state index contributed by atoms with van der Waals surface area (Å²) >= 11 is 5.60. The minimum absolute atomic E-state index is 1.09. The second kappa shape index (κ2) is 13.7. The van der Waals surface area contributed by atoms with Crippen molar-refractivity contribution in [3.05, 3.63) is 194 Å². The summed E-state index contributed by atoms with van der Waals surface area (Å²) < 4.78 is 6.19. The van der Waals surface area contributed by atoms with Gasteiger partial charge in [0, 0.05) is 58.2 Å². The molecule has 0 fully saturated rings. The average molecular weight is 726 g/mol. The van der Waals surface area contributed by atoms with E-state index in [0.29, 0.717) is 0 Å². The number of anilines is 3. The lowest BCUT2D eigenvalue weighted by molar-refractivity contribution is 1.18. The van der Waals surface area contributed by atoms with Gasteiger partial charge in [-0.15, -0.1) is 11.3 Å². The van der Waals surface area contributed by atoms with Crippen molar-refractivity contribution in [2.75, 3.05) is 4.90 Å². The first-order valence-corrected chi connectivity index (χ1v) is 18.1. The van der Waals surface area contributed by atoms with Crippen molar-refractivity contribution in [2.45, 2.75) is 0 Å². The maximum absolute atomic E-state index is 3.73. The second-order valence-electron chi connectivity index (χ2n) is 12.0. The molecule has 2 aromatic heterocycles. The van der Waals surface area contributed by atoms with E-state index in [-0.39, 0.29) is 0 Å². The predicted molar refractivity (Wildman–Crippen MR) is 222 cm³/mol. The number of rotatable bonds is 6. The maximum Gasteiger partial charge on any atom is 0.0634 e. The van der Waals surface area contributed by atoms with E-state index in [0.717, 1.165) is 27.2 Å². The maximum atomic E-state index is 3.73. The number of aromatic nitrogens is 1. The number of fused-ring (bicyclic) bond motifs is 7. The van der Waals surface area contributed by atoms with Crippen molar-refractivity contribution >= 4 is 86.3 Å². The third-order valence-electron chi connectivity index (χ3n) is 9.02. The van der Waals surface area contributed by atoms with Gasteiger partial charge in [-0.25, -0.2) is 0 Å². The van der Waals surface area contributed by atoms with Crippen molar-refractivity contribution in [3.63, 3.8) is 0 Å². The minimum Gasteiger partial charge on any atom is -0.310 e. The molecule has 0 aliphatic carbocycles. The lowest BCUT2D eigenvalue weighted by Gasteiger charge is -2.26. The summed E-state index contributed by atoms with van der Waals surface area (Å²) in [5.74, 6) is 0. The number of allylic oxidation sites excluding steroid dienone is 2. The van der Waals surface area contributed by atoms with Crippen LogP contribution in [0.2, 0.25) is 0 Å². The van der Waals surface area contributed by atoms with Crippen molar-refractivity contribution in [2.24, 2.45) is 0 Å². The molecule has 0 saturated heterocycles. The van der Waals surface area contributed by atoms with Crippen molar-refractivity contribution in [1.82, 2.24) is 4.57 Å². The molecule has 0 aliphatic rings. The number of halogens is 1. The quantitative estimate of drug-likeness (QED) is 0.155. The Hall–Kier alpha value is -5.68. The zero-order valence-electron chi connectivity index (χ0n) is 27.3. The van der Waals surface area contributed by atoms with Crippen LogP contribution in [0.1, 0.15) is 0 Å². The third-order valence-corrected chi connectivity index (χ3v) is 10.8. The molecule has 0 amide bonds. The lowest BCUT2D eigenvalue weighted by atomic mass is 10.0. The van der Waals surface area contributed by atoms with Gasteiger partial charge >= 0.3 is 0 Å². The van der Waals surface area contributed by atoms with Gasteiger partial charge in [-0.1, -0.05) is 138 Å². The van der Waals surface area contributed by atoms with Crippen LogP contribution >= 0.6 is 27.3 Å². The summed E-state index contributed by atoms with van der Waals surface area (Å²) in [6, 6.07) is 59.0. The number of nitrogens with zero attached hydrogens (tertiary/aromatic N) is 2. The average Bonchev–Trinajstić information content (AvgIpc) is 3.72.